The average Bonchev–Trinajstić information content (AvgIpc) is 2.27. The maximum atomic E-state index is 11.6. The van der Waals surface area contributed by atoms with Crippen molar-refractivity contribution in [1.29, 1.82) is 0 Å². The Hall–Kier alpha value is -1.55. The lowest BCUT2D eigenvalue weighted by atomic mass is 10.0. The minimum atomic E-state index is -0.465. The number of methoxy groups -OCH3 is 1. The zero-order valence-corrected chi connectivity index (χ0v) is 10.1. The number of esters is 1. The molecule has 0 aromatic heterocycles. The van der Waals surface area contributed by atoms with Gasteiger partial charge in [-0.05, 0) is 23.6 Å². The van der Waals surface area contributed by atoms with E-state index >= 15 is 0 Å². The quantitative estimate of drug-likeness (QED) is 0.817. The molecule has 2 aromatic rings. The van der Waals surface area contributed by atoms with Crippen molar-refractivity contribution >= 4 is 32.7 Å². The first-order valence-electron chi connectivity index (χ1n) is 4.63. The van der Waals surface area contributed by atoms with E-state index in [9.17, 15) is 9.90 Å². The second kappa shape index (κ2) is 4.14. The van der Waals surface area contributed by atoms with E-state index in [4.69, 9.17) is 0 Å². The monoisotopic (exact) mass is 280 g/mol. The van der Waals surface area contributed by atoms with Crippen molar-refractivity contribution in [2.24, 2.45) is 0 Å². The fraction of sp³-hybridized carbons (Fsp3) is 0.0833. The first-order valence-corrected chi connectivity index (χ1v) is 5.42. The second-order valence-corrected chi connectivity index (χ2v) is 4.18. The van der Waals surface area contributed by atoms with Crippen LogP contribution in [0.1, 0.15) is 10.4 Å². The number of phenols is 1. The Morgan fingerprint density at radius 3 is 2.81 bits per heavy atom. The normalized spacial score (nSPS) is 10.4. The van der Waals surface area contributed by atoms with Gasteiger partial charge in [0.15, 0.2) is 0 Å². The molecule has 2 rings (SSSR count). The maximum Gasteiger partial charge on any atom is 0.338 e. The van der Waals surface area contributed by atoms with Crippen molar-refractivity contribution in [2.45, 2.75) is 0 Å². The summed E-state index contributed by atoms with van der Waals surface area (Å²) in [5.41, 5.74) is 0.352. The minimum absolute atomic E-state index is 0.0472. The van der Waals surface area contributed by atoms with Crippen LogP contribution in [-0.2, 0) is 4.74 Å². The maximum absolute atomic E-state index is 11.6. The first-order chi connectivity index (χ1) is 7.63. The van der Waals surface area contributed by atoms with Crippen LogP contribution >= 0.6 is 15.9 Å². The van der Waals surface area contributed by atoms with Crippen molar-refractivity contribution in [3.05, 3.63) is 40.4 Å². The van der Waals surface area contributed by atoms with E-state index in [1.807, 2.05) is 18.2 Å². The number of ether oxygens (including phenoxy) is 1. The molecule has 0 spiro atoms. The van der Waals surface area contributed by atoms with Gasteiger partial charge in [-0.15, -0.1) is 0 Å². The van der Waals surface area contributed by atoms with E-state index in [2.05, 4.69) is 20.7 Å². The minimum Gasteiger partial charge on any atom is -0.508 e. The molecule has 1 N–H and O–H groups in total. The molecule has 2 aromatic carbocycles. The van der Waals surface area contributed by atoms with E-state index in [-0.39, 0.29) is 5.75 Å². The number of benzene rings is 2. The lowest BCUT2D eigenvalue weighted by Crippen LogP contribution is -2.02. The summed E-state index contributed by atoms with van der Waals surface area (Å²) in [7, 11) is 1.31. The predicted octanol–water partition coefficient (Wildman–Crippen LogP) is 3.09. The smallest absolute Gasteiger partial charge is 0.338 e. The van der Waals surface area contributed by atoms with Crippen LogP contribution in [0.15, 0.2) is 34.8 Å². The van der Waals surface area contributed by atoms with Crippen LogP contribution < -0.4 is 0 Å². The fourth-order valence-corrected chi connectivity index (χ4v) is 2.23. The molecular weight excluding hydrogens is 272 g/mol. The van der Waals surface area contributed by atoms with Gasteiger partial charge in [0.1, 0.15) is 5.75 Å². The Balaban J connectivity index is 2.85. The van der Waals surface area contributed by atoms with Gasteiger partial charge < -0.3 is 9.84 Å². The standard InChI is InChI=1S/C12H9BrO3/c1-16-12(15)9-6-8(14)5-7-3-2-4-10(13)11(7)9/h2-6,14H,1H3. The van der Waals surface area contributed by atoms with Gasteiger partial charge in [0.25, 0.3) is 0 Å². The predicted molar refractivity (Wildman–Crippen MR) is 64.7 cm³/mol. The van der Waals surface area contributed by atoms with Crippen molar-refractivity contribution < 1.29 is 14.6 Å². The molecule has 0 fully saturated rings. The molecule has 0 saturated carbocycles. The van der Waals surface area contributed by atoms with Gasteiger partial charge in [-0.25, -0.2) is 4.79 Å². The van der Waals surface area contributed by atoms with Gasteiger partial charge in [0, 0.05) is 9.86 Å². The van der Waals surface area contributed by atoms with Crippen LogP contribution in [0.3, 0.4) is 0 Å². The molecule has 0 aliphatic heterocycles. The Morgan fingerprint density at radius 2 is 2.12 bits per heavy atom. The lowest BCUT2D eigenvalue weighted by molar-refractivity contribution is 0.0602. The number of phenolic OH excluding ortho intramolecular Hbond substituents is 1. The Labute approximate surface area is 101 Å². The molecule has 0 radical (unpaired) electrons. The number of aromatic hydroxyl groups is 1. The fourth-order valence-electron chi connectivity index (χ4n) is 1.64. The molecule has 0 amide bonds. The van der Waals surface area contributed by atoms with E-state index < -0.39 is 5.97 Å². The molecule has 82 valence electrons. The molecule has 16 heavy (non-hydrogen) atoms. The molecule has 3 nitrogen and oxygen atoms in total. The topological polar surface area (TPSA) is 46.5 Å². The molecule has 0 saturated heterocycles. The zero-order chi connectivity index (χ0) is 11.7. The average molecular weight is 281 g/mol. The highest BCUT2D eigenvalue weighted by molar-refractivity contribution is 9.10. The molecule has 0 bridgehead atoms. The van der Waals surface area contributed by atoms with E-state index in [0.29, 0.717) is 5.56 Å². The van der Waals surface area contributed by atoms with E-state index in [1.165, 1.54) is 13.2 Å². The summed E-state index contributed by atoms with van der Waals surface area (Å²) >= 11 is 3.38. The number of carbonyl (C=O) groups is 1. The van der Waals surface area contributed by atoms with Crippen molar-refractivity contribution in [3.63, 3.8) is 0 Å². The zero-order valence-electron chi connectivity index (χ0n) is 8.53. The highest BCUT2D eigenvalue weighted by Crippen LogP contribution is 2.31. The lowest BCUT2D eigenvalue weighted by Gasteiger charge is -2.07. The summed E-state index contributed by atoms with van der Waals surface area (Å²) in [5, 5.41) is 11.1. The van der Waals surface area contributed by atoms with E-state index in [0.717, 1.165) is 15.2 Å². The first kappa shape index (κ1) is 11.0. The third kappa shape index (κ3) is 1.76. The van der Waals surface area contributed by atoms with Crippen LogP contribution in [0.25, 0.3) is 10.8 Å². The van der Waals surface area contributed by atoms with Gasteiger partial charge in [-0.3, -0.25) is 0 Å². The highest BCUT2D eigenvalue weighted by Gasteiger charge is 2.14. The second-order valence-electron chi connectivity index (χ2n) is 3.32. The van der Waals surface area contributed by atoms with Crippen LogP contribution in [0.4, 0.5) is 0 Å². The van der Waals surface area contributed by atoms with Gasteiger partial charge in [0.05, 0.1) is 12.7 Å². The van der Waals surface area contributed by atoms with Gasteiger partial charge in [0.2, 0.25) is 0 Å². The third-order valence-electron chi connectivity index (χ3n) is 2.32. The van der Waals surface area contributed by atoms with Crippen LogP contribution in [0.5, 0.6) is 5.75 Å². The molecule has 0 heterocycles. The van der Waals surface area contributed by atoms with Crippen LogP contribution in [-0.4, -0.2) is 18.2 Å². The summed E-state index contributed by atoms with van der Waals surface area (Å²) in [6.45, 7) is 0. The molecule has 4 heteroatoms. The number of carbonyl (C=O) groups excluding carboxylic acids is 1. The number of hydrogen-bond donors (Lipinski definition) is 1. The van der Waals surface area contributed by atoms with E-state index in [1.54, 1.807) is 6.07 Å². The Bertz CT molecular complexity index is 563. The highest BCUT2D eigenvalue weighted by atomic mass is 79.9. The van der Waals surface area contributed by atoms with Crippen molar-refractivity contribution in [3.8, 4) is 5.75 Å². The van der Waals surface area contributed by atoms with Gasteiger partial charge >= 0.3 is 5.97 Å². The van der Waals surface area contributed by atoms with Gasteiger partial charge in [-0.1, -0.05) is 28.1 Å². The number of hydrogen-bond acceptors (Lipinski definition) is 3. The van der Waals surface area contributed by atoms with Crippen molar-refractivity contribution in [1.82, 2.24) is 0 Å². The largest absolute Gasteiger partial charge is 0.508 e. The number of halogens is 1. The molecular formula is C12H9BrO3. The number of fused-ring (bicyclic) bond motifs is 1. The van der Waals surface area contributed by atoms with Crippen LogP contribution in [0, 0.1) is 0 Å². The molecule has 0 unspecified atom stereocenters. The summed E-state index contributed by atoms with van der Waals surface area (Å²) in [5.74, 6) is -0.418. The van der Waals surface area contributed by atoms with Gasteiger partial charge in [-0.2, -0.15) is 0 Å². The SMILES string of the molecule is COC(=O)c1cc(O)cc2cccc(Br)c12. The Kier molecular flexibility index (Phi) is 2.83. The third-order valence-corrected chi connectivity index (χ3v) is 2.98. The summed E-state index contributed by atoms with van der Waals surface area (Å²) < 4.78 is 5.48. The molecule has 0 atom stereocenters. The Morgan fingerprint density at radius 1 is 1.38 bits per heavy atom. The van der Waals surface area contributed by atoms with Crippen molar-refractivity contribution in [2.75, 3.05) is 7.11 Å². The summed E-state index contributed by atoms with van der Waals surface area (Å²) in [6.07, 6.45) is 0. The van der Waals surface area contributed by atoms with Crippen LogP contribution in [0.2, 0.25) is 0 Å². The molecule has 0 aliphatic rings. The summed E-state index contributed by atoms with van der Waals surface area (Å²) in [6, 6.07) is 8.51. The molecule has 0 aliphatic carbocycles. The number of rotatable bonds is 1. The summed E-state index contributed by atoms with van der Waals surface area (Å²) in [4.78, 5) is 11.6.